The topological polar surface area (TPSA) is 75.3 Å². The molecule has 6 heteroatoms. The third-order valence-corrected chi connectivity index (χ3v) is 4.27. The number of rotatable bonds is 6. The molecule has 106 valence electrons. The molecule has 0 aliphatic carbocycles. The molecule has 0 aliphatic heterocycles. The molecule has 0 aliphatic rings. The Hall–Kier alpha value is -1.40. The fourth-order valence-electron chi connectivity index (χ4n) is 1.49. The molecule has 0 spiro atoms. The summed E-state index contributed by atoms with van der Waals surface area (Å²) in [7, 11) is -3.53. The van der Waals surface area contributed by atoms with Crippen LogP contribution < -0.4 is 10.0 Å². The highest BCUT2D eigenvalue weighted by atomic mass is 32.2. The van der Waals surface area contributed by atoms with Gasteiger partial charge >= 0.3 is 0 Å². The molecule has 0 aromatic heterocycles. The monoisotopic (exact) mass is 284 g/mol. The van der Waals surface area contributed by atoms with Crippen molar-refractivity contribution in [2.45, 2.75) is 38.1 Å². The van der Waals surface area contributed by atoms with E-state index in [1.807, 2.05) is 13.8 Å². The summed E-state index contributed by atoms with van der Waals surface area (Å²) in [6.07, 6.45) is 0.821. The highest BCUT2D eigenvalue weighted by Crippen LogP contribution is 2.11. The molecule has 0 saturated carbocycles. The van der Waals surface area contributed by atoms with Crippen LogP contribution in [0, 0.1) is 0 Å². The van der Waals surface area contributed by atoms with Gasteiger partial charge in [-0.3, -0.25) is 4.79 Å². The van der Waals surface area contributed by atoms with E-state index in [4.69, 9.17) is 0 Å². The van der Waals surface area contributed by atoms with Crippen LogP contribution in [0.15, 0.2) is 29.2 Å². The number of nitrogens with one attached hydrogen (secondary N) is 2. The van der Waals surface area contributed by atoms with E-state index in [1.54, 1.807) is 19.1 Å². The Labute approximate surface area is 114 Å². The van der Waals surface area contributed by atoms with Crippen molar-refractivity contribution in [3.05, 3.63) is 29.8 Å². The lowest BCUT2D eigenvalue weighted by Crippen LogP contribution is -2.32. The molecule has 1 amide bonds. The molecule has 1 rings (SSSR count). The standard InChI is InChI=1S/C13H20N2O3S/c1-4-10(3)15-13(16)11-7-6-8-12(9-11)19(17,18)14-5-2/h6-10,14H,4-5H2,1-3H3,(H,15,16). The quantitative estimate of drug-likeness (QED) is 0.831. The van der Waals surface area contributed by atoms with Crippen molar-refractivity contribution >= 4 is 15.9 Å². The third-order valence-electron chi connectivity index (χ3n) is 2.73. The Kier molecular flexibility index (Phi) is 5.50. The maximum absolute atomic E-state index is 11.9. The predicted octanol–water partition coefficient (Wildman–Crippen LogP) is 1.51. The molecule has 2 N–H and O–H groups in total. The van der Waals surface area contributed by atoms with Gasteiger partial charge in [0.1, 0.15) is 0 Å². The summed E-state index contributed by atoms with van der Waals surface area (Å²) < 4.78 is 26.1. The first kappa shape index (κ1) is 15.7. The van der Waals surface area contributed by atoms with Crippen molar-refractivity contribution in [1.29, 1.82) is 0 Å². The maximum Gasteiger partial charge on any atom is 0.251 e. The second-order valence-electron chi connectivity index (χ2n) is 4.31. The van der Waals surface area contributed by atoms with Crippen LogP contribution in [-0.2, 0) is 10.0 Å². The molecular weight excluding hydrogens is 264 g/mol. The number of amides is 1. The second-order valence-corrected chi connectivity index (χ2v) is 6.08. The number of benzene rings is 1. The number of hydrogen-bond donors (Lipinski definition) is 2. The van der Waals surface area contributed by atoms with Gasteiger partial charge in [-0.15, -0.1) is 0 Å². The van der Waals surface area contributed by atoms with Crippen LogP contribution in [0.1, 0.15) is 37.6 Å². The highest BCUT2D eigenvalue weighted by molar-refractivity contribution is 7.89. The van der Waals surface area contributed by atoms with E-state index in [2.05, 4.69) is 10.0 Å². The zero-order chi connectivity index (χ0) is 14.5. The van der Waals surface area contributed by atoms with Gasteiger partial charge in [-0.25, -0.2) is 13.1 Å². The van der Waals surface area contributed by atoms with Crippen LogP contribution in [0.4, 0.5) is 0 Å². The zero-order valence-corrected chi connectivity index (χ0v) is 12.3. The van der Waals surface area contributed by atoms with Gasteiger partial charge in [-0.2, -0.15) is 0 Å². The number of carbonyl (C=O) groups excluding carboxylic acids is 1. The van der Waals surface area contributed by atoms with Crippen molar-refractivity contribution in [2.75, 3.05) is 6.54 Å². The third kappa shape index (κ3) is 4.33. The van der Waals surface area contributed by atoms with Crippen molar-refractivity contribution in [2.24, 2.45) is 0 Å². The molecule has 1 unspecified atom stereocenters. The predicted molar refractivity (Wildman–Crippen MR) is 74.5 cm³/mol. The molecule has 0 saturated heterocycles. The van der Waals surface area contributed by atoms with Crippen molar-refractivity contribution in [3.63, 3.8) is 0 Å². The summed E-state index contributed by atoms with van der Waals surface area (Å²) in [5.41, 5.74) is 0.347. The minimum atomic E-state index is -3.53. The molecule has 0 bridgehead atoms. The Morgan fingerprint density at radius 1 is 1.32 bits per heavy atom. The minimum absolute atomic E-state index is 0.0570. The van der Waals surface area contributed by atoms with E-state index in [-0.39, 0.29) is 16.8 Å². The lowest BCUT2D eigenvalue weighted by molar-refractivity contribution is 0.0939. The summed E-state index contributed by atoms with van der Waals surface area (Å²) in [6, 6.07) is 6.08. The SMILES string of the molecule is CCNS(=O)(=O)c1cccc(C(=O)NC(C)CC)c1. The Balaban J connectivity index is 2.98. The van der Waals surface area contributed by atoms with Crippen molar-refractivity contribution in [3.8, 4) is 0 Å². The molecule has 1 aromatic carbocycles. The van der Waals surface area contributed by atoms with Crippen LogP contribution in [0.3, 0.4) is 0 Å². The molecule has 1 aromatic rings. The summed E-state index contributed by atoms with van der Waals surface area (Å²) in [4.78, 5) is 12.0. The van der Waals surface area contributed by atoms with E-state index in [0.717, 1.165) is 6.42 Å². The maximum atomic E-state index is 11.9. The number of carbonyl (C=O) groups is 1. The van der Waals surface area contributed by atoms with Gasteiger partial charge in [0.05, 0.1) is 4.90 Å². The van der Waals surface area contributed by atoms with Gasteiger partial charge in [-0.05, 0) is 31.5 Å². The van der Waals surface area contributed by atoms with Gasteiger partial charge in [-0.1, -0.05) is 19.9 Å². The highest BCUT2D eigenvalue weighted by Gasteiger charge is 2.15. The van der Waals surface area contributed by atoms with E-state index in [0.29, 0.717) is 12.1 Å². The zero-order valence-electron chi connectivity index (χ0n) is 11.4. The van der Waals surface area contributed by atoms with E-state index in [9.17, 15) is 13.2 Å². The summed E-state index contributed by atoms with van der Waals surface area (Å²) in [6.45, 7) is 5.89. The molecule has 0 fully saturated rings. The smallest absolute Gasteiger partial charge is 0.251 e. The molecule has 0 radical (unpaired) electrons. The minimum Gasteiger partial charge on any atom is -0.350 e. The normalized spacial score (nSPS) is 13.0. The lowest BCUT2D eigenvalue weighted by atomic mass is 10.2. The van der Waals surface area contributed by atoms with Gasteiger partial charge in [0.2, 0.25) is 10.0 Å². The average Bonchev–Trinajstić information content (AvgIpc) is 2.38. The van der Waals surface area contributed by atoms with E-state index >= 15 is 0 Å². The van der Waals surface area contributed by atoms with Crippen LogP contribution in [0.2, 0.25) is 0 Å². The molecule has 1 atom stereocenters. The van der Waals surface area contributed by atoms with Crippen molar-refractivity contribution in [1.82, 2.24) is 10.0 Å². The first-order valence-corrected chi connectivity index (χ1v) is 7.79. The average molecular weight is 284 g/mol. The first-order chi connectivity index (χ1) is 8.90. The first-order valence-electron chi connectivity index (χ1n) is 6.31. The largest absolute Gasteiger partial charge is 0.350 e. The van der Waals surface area contributed by atoms with Crippen LogP contribution >= 0.6 is 0 Å². The molecule has 19 heavy (non-hydrogen) atoms. The van der Waals surface area contributed by atoms with Gasteiger partial charge in [0, 0.05) is 18.2 Å². The van der Waals surface area contributed by atoms with Gasteiger partial charge in [0.15, 0.2) is 0 Å². The van der Waals surface area contributed by atoms with Crippen LogP contribution in [0.5, 0.6) is 0 Å². The number of hydrogen-bond acceptors (Lipinski definition) is 3. The van der Waals surface area contributed by atoms with E-state index < -0.39 is 10.0 Å². The fourth-order valence-corrected chi connectivity index (χ4v) is 2.57. The summed E-state index contributed by atoms with van der Waals surface area (Å²) in [5, 5.41) is 2.80. The molecular formula is C13H20N2O3S. The van der Waals surface area contributed by atoms with Crippen LogP contribution in [-0.4, -0.2) is 26.9 Å². The molecule has 5 nitrogen and oxygen atoms in total. The van der Waals surface area contributed by atoms with Gasteiger partial charge < -0.3 is 5.32 Å². The number of sulfonamides is 1. The Morgan fingerprint density at radius 2 is 2.00 bits per heavy atom. The van der Waals surface area contributed by atoms with Crippen molar-refractivity contribution < 1.29 is 13.2 Å². The Bertz CT molecular complexity index is 541. The second kappa shape index (κ2) is 6.68. The summed E-state index contributed by atoms with van der Waals surface area (Å²) in [5.74, 6) is -0.261. The van der Waals surface area contributed by atoms with E-state index in [1.165, 1.54) is 12.1 Å². The fraction of sp³-hybridized carbons (Fsp3) is 0.462. The van der Waals surface area contributed by atoms with Crippen LogP contribution in [0.25, 0.3) is 0 Å². The van der Waals surface area contributed by atoms with Gasteiger partial charge in [0.25, 0.3) is 5.91 Å². The Morgan fingerprint density at radius 3 is 2.58 bits per heavy atom. The lowest BCUT2D eigenvalue weighted by Gasteiger charge is -2.12. The summed E-state index contributed by atoms with van der Waals surface area (Å²) >= 11 is 0. The molecule has 0 heterocycles.